The molecule has 0 aliphatic carbocycles. The summed E-state index contributed by atoms with van der Waals surface area (Å²) in [6.07, 6.45) is 2.96. The van der Waals surface area contributed by atoms with Gasteiger partial charge in [0.2, 0.25) is 5.91 Å². The number of aromatic nitrogens is 1. The topological polar surface area (TPSA) is 87.6 Å². The molecule has 6 nitrogen and oxygen atoms in total. The van der Waals surface area contributed by atoms with E-state index in [-0.39, 0.29) is 28.3 Å². The average molecular weight is 280 g/mol. The van der Waals surface area contributed by atoms with Gasteiger partial charge in [-0.05, 0) is 6.07 Å². The van der Waals surface area contributed by atoms with Crippen molar-refractivity contribution in [3.05, 3.63) is 24.0 Å². The molecule has 0 aromatic carbocycles. The van der Waals surface area contributed by atoms with Gasteiger partial charge in [-0.2, -0.15) is 0 Å². The number of anilines is 1. The second-order valence-electron chi connectivity index (χ2n) is 4.18. The standard InChI is InChI=1S/C12H12N2O4S/c1-7(15)19-10-3-11(16)14(6-10)9-2-8(12(17)18)4-13-5-9/h2,4-5,10H,3,6H2,1H3,(H,17,18). The molecule has 1 aromatic heterocycles. The lowest BCUT2D eigenvalue weighted by Gasteiger charge is -2.16. The normalized spacial score (nSPS) is 18.7. The van der Waals surface area contributed by atoms with E-state index in [1.165, 1.54) is 30.3 Å². The number of hydrogen-bond acceptors (Lipinski definition) is 5. The van der Waals surface area contributed by atoms with E-state index in [2.05, 4.69) is 4.98 Å². The number of hydrogen-bond donors (Lipinski definition) is 1. The number of carbonyl (C=O) groups is 3. The summed E-state index contributed by atoms with van der Waals surface area (Å²) in [5.74, 6) is -1.21. The van der Waals surface area contributed by atoms with Crippen LogP contribution in [0.2, 0.25) is 0 Å². The monoisotopic (exact) mass is 280 g/mol. The van der Waals surface area contributed by atoms with Crippen molar-refractivity contribution in [1.29, 1.82) is 0 Å². The van der Waals surface area contributed by atoms with Crippen LogP contribution >= 0.6 is 11.8 Å². The van der Waals surface area contributed by atoms with Crippen LogP contribution < -0.4 is 4.90 Å². The summed E-state index contributed by atoms with van der Waals surface area (Å²) in [7, 11) is 0. The molecule has 19 heavy (non-hydrogen) atoms. The quantitative estimate of drug-likeness (QED) is 0.894. The first-order chi connectivity index (χ1) is 8.97. The van der Waals surface area contributed by atoms with Gasteiger partial charge in [0.15, 0.2) is 5.12 Å². The van der Waals surface area contributed by atoms with Crippen LogP contribution in [0.15, 0.2) is 18.5 Å². The van der Waals surface area contributed by atoms with Gasteiger partial charge in [0.1, 0.15) is 0 Å². The summed E-state index contributed by atoms with van der Waals surface area (Å²) < 4.78 is 0. The number of pyridine rings is 1. The molecule has 1 N–H and O–H groups in total. The fourth-order valence-electron chi connectivity index (χ4n) is 1.93. The largest absolute Gasteiger partial charge is 0.478 e. The summed E-state index contributed by atoms with van der Waals surface area (Å²) >= 11 is 1.14. The van der Waals surface area contributed by atoms with Crippen LogP contribution in [0.25, 0.3) is 0 Å². The molecule has 100 valence electrons. The molecule has 0 radical (unpaired) electrons. The molecule has 1 unspecified atom stereocenters. The molecule has 1 fully saturated rings. The third-order valence-electron chi connectivity index (χ3n) is 2.70. The van der Waals surface area contributed by atoms with Crippen LogP contribution in [0.1, 0.15) is 23.7 Å². The SMILES string of the molecule is CC(=O)SC1CC(=O)N(c2cncc(C(=O)O)c2)C1. The Morgan fingerprint density at radius 1 is 1.47 bits per heavy atom. The number of carboxylic acids is 1. The van der Waals surface area contributed by atoms with Crippen LogP contribution in [0, 0.1) is 0 Å². The van der Waals surface area contributed by atoms with Crippen LogP contribution in [0.4, 0.5) is 5.69 Å². The van der Waals surface area contributed by atoms with Gasteiger partial charge in [-0.1, -0.05) is 11.8 Å². The third kappa shape index (κ3) is 3.11. The van der Waals surface area contributed by atoms with Crippen molar-refractivity contribution in [1.82, 2.24) is 4.98 Å². The Bertz CT molecular complexity index is 546. The zero-order valence-electron chi connectivity index (χ0n) is 10.2. The number of thioether (sulfide) groups is 1. The van der Waals surface area contributed by atoms with E-state index in [0.717, 1.165) is 11.8 Å². The fourth-order valence-corrected chi connectivity index (χ4v) is 2.85. The predicted octanol–water partition coefficient (Wildman–Crippen LogP) is 1.16. The lowest BCUT2D eigenvalue weighted by Crippen LogP contribution is -2.25. The van der Waals surface area contributed by atoms with E-state index < -0.39 is 5.97 Å². The molecule has 0 saturated carbocycles. The van der Waals surface area contributed by atoms with Crippen LogP contribution in [-0.2, 0) is 9.59 Å². The maximum Gasteiger partial charge on any atom is 0.337 e. The Balaban J connectivity index is 2.18. The first kappa shape index (κ1) is 13.5. The Kier molecular flexibility index (Phi) is 3.84. The Morgan fingerprint density at radius 3 is 2.84 bits per heavy atom. The number of carboxylic acid groups (broad SMARTS) is 1. The van der Waals surface area contributed by atoms with Crippen molar-refractivity contribution in [2.45, 2.75) is 18.6 Å². The Hall–Kier alpha value is -1.89. The second-order valence-corrected chi connectivity index (χ2v) is 5.65. The van der Waals surface area contributed by atoms with Crippen molar-refractivity contribution < 1.29 is 19.5 Å². The minimum absolute atomic E-state index is 0.0305. The summed E-state index contributed by atoms with van der Waals surface area (Å²) in [4.78, 5) is 39.1. The number of carbonyl (C=O) groups excluding carboxylic acids is 2. The summed E-state index contributed by atoms with van der Waals surface area (Å²) in [6.45, 7) is 1.86. The summed E-state index contributed by atoms with van der Waals surface area (Å²) in [5.41, 5.74) is 0.490. The maximum atomic E-state index is 11.9. The van der Waals surface area contributed by atoms with Gasteiger partial charge < -0.3 is 10.0 Å². The third-order valence-corrected chi connectivity index (χ3v) is 3.69. The van der Waals surface area contributed by atoms with Gasteiger partial charge in [-0.25, -0.2) is 4.79 Å². The van der Waals surface area contributed by atoms with E-state index in [1.807, 2.05) is 0 Å². The predicted molar refractivity (Wildman–Crippen MR) is 70.2 cm³/mol. The molecule has 0 spiro atoms. The van der Waals surface area contributed by atoms with Crippen LogP contribution in [-0.4, -0.2) is 38.9 Å². The minimum Gasteiger partial charge on any atom is -0.478 e. The smallest absolute Gasteiger partial charge is 0.337 e. The molecule has 1 saturated heterocycles. The zero-order valence-corrected chi connectivity index (χ0v) is 11.0. The van der Waals surface area contributed by atoms with E-state index >= 15 is 0 Å². The lowest BCUT2D eigenvalue weighted by molar-refractivity contribution is -0.117. The highest BCUT2D eigenvalue weighted by molar-refractivity contribution is 8.14. The molecular weight excluding hydrogens is 268 g/mol. The van der Waals surface area contributed by atoms with Gasteiger partial charge in [0, 0.05) is 31.3 Å². The number of aromatic carboxylic acids is 1. The first-order valence-corrected chi connectivity index (χ1v) is 6.51. The second kappa shape index (κ2) is 5.40. The minimum atomic E-state index is -1.09. The van der Waals surface area contributed by atoms with Gasteiger partial charge in [0.05, 0.1) is 17.4 Å². The highest BCUT2D eigenvalue weighted by Gasteiger charge is 2.32. The maximum absolute atomic E-state index is 11.9. The van der Waals surface area contributed by atoms with Gasteiger partial charge in [0.25, 0.3) is 0 Å². The summed E-state index contributed by atoms with van der Waals surface area (Å²) in [6, 6.07) is 1.41. The fraction of sp³-hybridized carbons (Fsp3) is 0.333. The Morgan fingerprint density at radius 2 is 2.21 bits per heavy atom. The van der Waals surface area contributed by atoms with Crippen molar-refractivity contribution in [3.8, 4) is 0 Å². The lowest BCUT2D eigenvalue weighted by atomic mass is 10.2. The van der Waals surface area contributed by atoms with Crippen molar-refractivity contribution in [2.24, 2.45) is 0 Å². The van der Waals surface area contributed by atoms with Gasteiger partial charge >= 0.3 is 5.97 Å². The van der Waals surface area contributed by atoms with Gasteiger partial charge in [-0.3, -0.25) is 14.6 Å². The van der Waals surface area contributed by atoms with Crippen molar-refractivity contribution in [2.75, 3.05) is 11.4 Å². The molecule has 1 amide bonds. The highest BCUT2D eigenvalue weighted by atomic mass is 32.2. The molecule has 1 atom stereocenters. The van der Waals surface area contributed by atoms with Crippen molar-refractivity contribution >= 4 is 34.4 Å². The molecule has 0 bridgehead atoms. The molecule has 2 heterocycles. The molecule has 2 rings (SSSR count). The molecule has 7 heteroatoms. The van der Waals surface area contributed by atoms with Gasteiger partial charge in [-0.15, -0.1) is 0 Å². The number of amides is 1. The number of rotatable bonds is 3. The zero-order chi connectivity index (χ0) is 14.0. The molecule has 1 aromatic rings. The van der Waals surface area contributed by atoms with E-state index in [9.17, 15) is 14.4 Å². The Labute approximate surface area is 113 Å². The summed E-state index contributed by atoms with van der Waals surface area (Å²) in [5, 5.41) is 8.78. The first-order valence-electron chi connectivity index (χ1n) is 5.63. The molecular formula is C12H12N2O4S. The van der Waals surface area contributed by atoms with Crippen LogP contribution in [0.3, 0.4) is 0 Å². The molecule has 1 aliphatic rings. The highest BCUT2D eigenvalue weighted by Crippen LogP contribution is 2.28. The molecule has 1 aliphatic heterocycles. The van der Waals surface area contributed by atoms with Crippen LogP contribution in [0.5, 0.6) is 0 Å². The number of nitrogens with zero attached hydrogens (tertiary/aromatic N) is 2. The van der Waals surface area contributed by atoms with E-state index in [0.29, 0.717) is 12.2 Å². The average Bonchev–Trinajstić information content (AvgIpc) is 2.69. The van der Waals surface area contributed by atoms with E-state index in [4.69, 9.17) is 5.11 Å². The van der Waals surface area contributed by atoms with E-state index in [1.54, 1.807) is 0 Å². The van der Waals surface area contributed by atoms with Crippen molar-refractivity contribution in [3.63, 3.8) is 0 Å².